The first-order valence-corrected chi connectivity index (χ1v) is 5.76. The summed E-state index contributed by atoms with van der Waals surface area (Å²) < 4.78 is 6.33. The normalized spacial score (nSPS) is 12.9. The summed E-state index contributed by atoms with van der Waals surface area (Å²) in [6.45, 7) is 1.89. The van der Waals surface area contributed by atoms with Crippen molar-refractivity contribution in [3.63, 3.8) is 0 Å². The van der Waals surface area contributed by atoms with Crippen molar-refractivity contribution in [2.75, 3.05) is 0 Å². The van der Waals surface area contributed by atoms with Crippen LogP contribution in [-0.4, -0.2) is 11.1 Å². The lowest BCUT2D eigenvalue weighted by Gasteiger charge is -2.05. The maximum Gasteiger partial charge on any atom is 0.303 e. The lowest BCUT2D eigenvalue weighted by atomic mass is 9.97. The van der Waals surface area contributed by atoms with Crippen LogP contribution >= 0.6 is 15.9 Å². The van der Waals surface area contributed by atoms with E-state index in [1.54, 1.807) is 6.26 Å². The van der Waals surface area contributed by atoms with Crippen molar-refractivity contribution in [3.05, 3.63) is 34.5 Å². The third-order valence-corrected chi connectivity index (χ3v) is 3.22. The van der Waals surface area contributed by atoms with Gasteiger partial charge in [-0.1, -0.05) is 19.1 Å². The Morgan fingerprint density at radius 1 is 1.56 bits per heavy atom. The van der Waals surface area contributed by atoms with Crippen LogP contribution in [0, 0.1) is 0 Å². The van der Waals surface area contributed by atoms with Crippen LogP contribution in [0.25, 0.3) is 11.0 Å². The number of para-hydroxylation sites is 1. The van der Waals surface area contributed by atoms with Crippen LogP contribution in [0.3, 0.4) is 0 Å². The summed E-state index contributed by atoms with van der Waals surface area (Å²) in [7, 11) is 0. The van der Waals surface area contributed by atoms with Gasteiger partial charge in [-0.2, -0.15) is 0 Å². The van der Waals surface area contributed by atoms with Crippen molar-refractivity contribution in [2.24, 2.45) is 0 Å². The molecule has 1 aromatic carbocycles. The zero-order chi connectivity index (χ0) is 11.7. The molecule has 0 bridgehead atoms. The molecule has 1 aromatic heterocycles. The van der Waals surface area contributed by atoms with Crippen LogP contribution in [0.4, 0.5) is 0 Å². The van der Waals surface area contributed by atoms with E-state index in [1.165, 1.54) is 0 Å². The molecule has 1 unspecified atom stereocenters. The standard InChI is InChI=1S/C12H11BrO3/c1-7(5-11(14)15)9-6-16-12-8(9)3-2-4-10(12)13/h2-4,6-7H,5H2,1H3,(H,14,15). The Morgan fingerprint density at radius 3 is 3.00 bits per heavy atom. The predicted octanol–water partition coefficient (Wildman–Crippen LogP) is 3.77. The fraction of sp³-hybridized carbons (Fsp3) is 0.250. The SMILES string of the molecule is CC(CC(=O)O)c1coc2c(Br)cccc12. The van der Waals surface area contributed by atoms with Crippen LogP contribution in [-0.2, 0) is 4.79 Å². The Labute approximate surface area is 101 Å². The molecule has 2 aromatic rings. The Morgan fingerprint density at radius 2 is 2.31 bits per heavy atom. The molecule has 4 heteroatoms. The number of hydrogen-bond donors (Lipinski definition) is 1. The molecule has 0 fully saturated rings. The molecule has 0 aliphatic carbocycles. The van der Waals surface area contributed by atoms with Gasteiger partial charge in [-0.05, 0) is 27.9 Å². The summed E-state index contributed by atoms with van der Waals surface area (Å²) >= 11 is 3.40. The number of carboxylic acid groups (broad SMARTS) is 1. The number of aliphatic carboxylic acids is 1. The molecule has 0 aliphatic rings. The topological polar surface area (TPSA) is 50.4 Å². The lowest BCUT2D eigenvalue weighted by Crippen LogP contribution is -2.02. The highest BCUT2D eigenvalue weighted by Gasteiger charge is 2.16. The van der Waals surface area contributed by atoms with Gasteiger partial charge in [0.2, 0.25) is 0 Å². The molecule has 1 N–H and O–H groups in total. The van der Waals surface area contributed by atoms with E-state index < -0.39 is 5.97 Å². The minimum Gasteiger partial charge on any atom is -0.481 e. The second kappa shape index (κ2) is 4.29. The molecule has 0 saturated carbocycles. The molecule has 0 spiro atoms. The quantitative estimate of drug-likeness (QED) is 0.932. The average Bonchev–Trinajstić information content (AvgIpc) is 2.61. The van der Waals surface area contributed by atoms with E-state index in [-0.39, 0.29) is 12.3 Å². The maximum atomic E-state index is 10.7. The number of carboxylic acids is 1. The zero-order valence-corrected chi connectivity index (χ0v) is 10.3. The van der Waals surface area contributed by atoms with Crippen LogP contribution in [0.1, 0.15) is 24.8 Å². The van der Waals surface area contributed by atoms with Crippen LogP contribution < -0.4 is 0 Å². The van der Waals surface area contributed by atoms with E-state index in [0.29, 0.717) is 0 Å². The van der Waals surface area contributed by atoms with Gasteiger partial charge < -0.3 is 9.52 Å². The highest BCUT2D eigenvalue weighted by atomic mass is 79.9. The van der Waals surface area contributed by atoms with Gasteiger partial charge in [-0.3, -0.25) is 4.79 Å². The van der Waals surface area contributed by atoms with Crippen LogP contribution in [0.5, 0.6) is 0 Å². The van der Waals surface area contributed by atoms with E-state index in [2.05, 4.69) is 15.9 Å². The molecule has 0 radical (unpaired) electrons. The lowest BCUT2D eigenvalue weighted by molar-refractivity contribution is -0.137. The largest absolute Gasteiger partial charge is 0.481 e. The highest BCUT2D eigenvalue weighted by Crippen LogP contribution is 2.33. The third kappa shape index (κ3) is 1.97. The predicted molar refractivity (Wildman–Crippen MR) is 64.6 cm³/mol. The van der Waals surface area contributed by atoms with E-state index >= 15 is 0 Å². The number of halogens is 1. The van der Waals surface area contributed by atoms with Gasteiger partial charge in [-0.15, -0.1) is 0 Å². The zero-order valence-electron chi connectivity index (χ0n) is 8.74. The summed E-state index contributed by atoms with van der Waals surface area (Å²) in [5, 5.41) is 9.74. The van der Waals surface area contributed by atoms with E-state index in [1.807, 2.05) is 25.1 Å². The number of fused-ring (bicyclic) bond motifs is 1. The third-order valence-electron chi connectivity index (χ3n) is 2.59. The second-order valence-electron chi connectivity index (χ2n) is 3.81. The molecular formula is C12H11BrO3. The van der Waals surface area contributed by atoms with Crippen LogP contribution in [0.15, 0.2) is 33.4 Å². The fourth-order valence-corrected chi connectivity index (χ4v) is 2.25. The van der Waals surface area contributed by atoms with Crippen molar-refractivity contribution >= 4 is 32.9 Å². The summed E-state index contributed by atoms with van der Waals surface area (Å²) in [5.74, 6) is -0.843. The molecule has 0 aliphatic heterocycles. The monoisotopic (exact) mass is 282 g/mol. The van der Waals surface area contributed by atoms with E-state index in [4.69, 9.17) is 9.52 Å². The molecular weight excluding hydrogens is 272 g/mol. The van der Waals surface area contributed by atoms with Crippen molar-refractivity contribution in [1.29, 1.82) is 0 Å². The first-order chi connectivity index (χ1) is 7.59. The van der Waals surface area contributed by atoms with E-state index in [9.17, 15) is 4.79 Å². The Kier molecular flexibility index (Phi) is 3.01. The van der Waals surface area contributed by atoms with Gasteiger partial charge in [0.25, 0.3) is 0 Å². The number of carbonyl (C=O) groups is 1. The smallest absolute Gasteiger partial charge is 0.303 e. The highest BCUT2D eigenvalue weighted by molar-refractivity contribution is 9.10. The number of benzene rings is 1. The van der Waals surface area contributed by atoms with Crippen LogP contribution in [0.2, 0.25) is 0 Å². The van der Waals surface area contributed by atoms with Gasteiger partial charge in [0.05, 0.1) is 17.2 Å². The number of hydrogen-bond acceptors (Lipinski definition) is 2. The minimum absolute atomic E-state index is 0.0481. The van der Waals surface area contributed by atoms with Gasteiger partial charge in [-0.25, -0.2) is 0 Å². The van der Waals surface area contributed by atoms with Crippen molar-refractivity contribution in [3.8, 4) is 0 Å². The Hall–Kier alpha value is -1.29. The summed E-state index contributed by atoms with van der Waals surface area (Å²) in [4.78, 5) is 10.7. The number of furan rings is 1. The van der Waals surface area contributed by atoms with Gasteiger partial charge in [0.1, 0.15) is 5.58 Å². The second-order valence-corrected chi connectivity index (χ2v) is 4.66. The van der Waals surface area contributed by atoms with Gasteiger partial charge in [0, 0.05) is 10.9 Å². The van der Waals surface area contributed by atoms with Gasteiger partial charge >= 0.3 is 5.97 Å². The first-order valence-electron chi connectivity index (χ1n) is 4.97. The van der Waals surface area contributed by atoms with Crippen molar-refractivity contribution < 1.29 is 14.3 Å². The van der Waals surface area contributed by atoms with Gasteiger partial charge in [0.15, 0.2) is 0 Å². The Balaban J connectivity index is 2.46. The molecule has 3 nitrogen and oxygen atoms in total. The summed E-state index contributed by atoms with van der Waals surface area (Å²) in [6, 6.07) is 5.76. The molecule has 0 saturated heterocycles. The summed E-state index contributed by atoms with van der Waals surface area (Å²) in [5.41, 5.74) is 1.72. The maximum absolute atomic E-state index is 10.7. The molecule has 1 atom stereocenters. The molecule has 16 heavy (non-hydrogen) atoms. The average molecular weight is 283 g/mol. The molecule has 1 heterocycles. The van der Waals surface area contributed by atoms with Crippen molar-refractivity contribution in [2.45, 2.75) is 19.3 Å². The fourth-order valence-electron chi connectivity index (χ4n) is 1.80. The summed E-state index contributed by atoms with van der Waals surface area (Å²) in [6.07, 6.45) is 1.75. The first kappa shape index (κ1) is 11.2. The van der Waals surface area contributed by atoms with E-state index in [0.717, 1.165) is 21.0 Å². The van der Waals surface area contributed by atoms with Crippen molar-refractivity contribution in [1.82, 2.24) is 0 Å². The Bertz CT molecular complexity index is 530. The number of rotatable bonds is 3. The molecule has 0 amide bonds. The minimum atomic E-state index is -0.795. The molecule has 2 rings (SSSR count). The molecule has 84 valence electrons.